The number of hydrogen-bond acceptors (Lipinski definition) is 4. The number of aliphatic hydroxyl groups is 1. The van der Waals surface area contributed by atoms with Gasteiger partial charge in [0.15, 0.2) is 0 Å². The zero-order chi connectivity index (χ0) is 27.8. The van der Waals surface area contributed by atoms with E-state index in [0.717, 1.165) is 44.5 Å². The summed E-state index contributed by atoms with van der Waals surface area (Å²) in [7, 11) is 3.44. The van der Waals surface area contributed by atoms with Crippen LogP contribution in [-0.4, -0.2) is 41.9 Å². The first-order valence-corrected chi connectivity index (χ1v) is 14.3. The topological polar surface area (TPSA) is 57.7 Å². The van der Waals surface area contributed by atoms with Crippen LogP contribution >= 0.6 is 0 Å². The zero-order valence-corrected chi connectivity index (χ0v) is 24.2. The molecular formula is C34H44N2O3. The molecule has 5 nitrogen and oxygen atoms in total. The Hall–Kier alpha value is -3.12. The van der Waals surface area contributed by atoms with Gasteiger partial charge in [-0.25, -0.2) is 0 Å². The fourth-order valence-electron chi connectivity index (χ4n) is 5.66. The Morgan fingerprint density at radius 3 is 2.46 bits per heavy atom. The lowest BCUT2D eigenvalue weighted by Crippen LogP contribution is -2.39. The summed E-state index contributed by atoms with van der Waals surface area (Å²) < 4.78 is 10.5. The number of nitrogens with one attached hydrogen (secondary N) is 1. The van der Waals surface area contributed by atoms with Gasteiger partial charge in [-0.15, -0.1) is 0 Å². The number of methoxy groups -OCH3 is 2. The molecule has 0 saturated heterocycles. The van der Waals surface area contributed by atoms with Gasteiger partial charge in [0.25, 0.3) is 0 Å². The number of aliphatic hydroxyl groups excluding tert-OH is 1. The van der Waals surface area contributed by atoms with E-state index in [1.807, 2.05) is 45.0 Å². The van der Waals surface area contributed by atoms with Crippen LogP contribution in [0.25, 0.3) is 10.9 Å². The van der Waals surface area contributed by atoms with E-state index in [1.165, 1.54) is 44.4 Å². The molecular weight excluding hydrogens is 484 g/mol. The highest BCUT2D eigenvalue weighted by Gasteiger charge is 2.33. The highest BCUT2D eigenvalue weighted by molar-refractivity contribution is 5.85. The second-order valence-corrected chi connectivity index (χ2v) is 10.1. The van der Waals surface area contributed by atoms with E-state index in [2.05, 4.69) is 52.3 Å². The lowest BCUT2D eigenvalue weighted by molar-refractivity contribution is 0.159. The van der Waals surface area contributed by atoms with Crippen molar-refractivity contribution in [2.24, 2.45) is 0 Å². The standard InChI is InChI=1S/C20H20N2O.C12H18O2.C2H6/c1-23-14-7-6-13-8-9-22-12-19-17(11-20(22)16(13)10-14)15-4-2-3-5-18(15)21-19;1-3-12(13)8-10-4-6-11(7-5-10)9-14-2;1-2/h2-7,10,20-21H,8-9,11-12H2,1H3;4-7,12-13H,3,8-9H2,1-2H3;1-2H3. The van der Waals surface area contributed by atoms with E-state index in [1.54, 1.807) is 14.2 Å². The van der Waals surface area contributed by atoms with Gasteiger partial charge in [-0.05, 0) is 71.7 Å². The molecule has 0 amide bonds. The van der Waals surface area contributed by atoms with Crippen molar-refractivity contribution >= 4 is 10.9 Å². The van der Waals surface area contributed by atoms with Crippen molar-refractivity contribution in [2.75, 3.05) is 20.8 Å². The molecule has 2 aliphatic heterocycles. The molecule has 3 heterocycles. The molecule has 3 aromatic carbocycles. The number of hydrogen-bond donors (Lipinski definition) is 2. The molecule has 2 aliphatic rings. The third-order valence-corrected chi connectivity index (χ3v) is 7.76. The SMILES string of the molecule is CC.CCC(O)Cc1ccc(COC)cc1.COc1ccc2c(c1)C1Cc3c([nH]c4ccccc34)CN1CC2. The van der Waals surface area contributed by atoms with E-state index < -0.39 is 0 Å². The molecule has 0 radical (unpaired) electrons. The Bertz CT molecular complexity index is 1330. The fourth-order valence-corrected chi connectivity index (χ4v) is 5.66. The number of para-hydroxylation sites is 1. The van der Waals surface area contributed by atoms with Gasteiger partial charge in [0.1, 0.15) is 5.75 Å². The molecule has 208 valence electrons. The monoisotopic (exact) mass is 528 g/mol. The largest absolute Gasteiger partial charge is 0.497 e. The quantitative estimate of drug-likeness (QED) is 0.283. The van der Waals surface area contributed by atoms with Crippen LogP contribution in [0.15, 0.2) is 66.7 Å². The van der Waals surface area contributed by atoms with Crippen LogP contribution < -0.4 is 4.74 Å². The maximum atomic E-state index is 9.46. The molecule has 2 N–H and O–H groups in total. The van der Waals surface area contributed by atoms with E-state index in [4.69, 9.17) is 9.47 Å². The molecule has 0 bridgehead atoms. The smallest absolute Gasteiger partial charge is 0.119 e. The number of H-pyrrole nitrogens is 1. The molecule has 0 spiro atoms. The Morgan fingerprint density at radius 1 is 1.00 bits per heavy atom. The molecule has 0 saturated carbocycles. The molecule has 4 aromatic rings. The highest BCUT2D eigenvalue weighted by Crippen LogP contribution is 2.41. The van der Waals surface area contributed by atoms with Gasteiger partial charge < -0.3 is 19.6 Å². The predicted molar refractivity (Wildman–Crippen MR) is 160 cm³/mol. The van der Waals surface area contributed by atoms with Crippen molar-refractivity contribution in [2.45, 2.75) is 71.8 Å². The lowest BCUT2D eigenvalue weighted by atomic mass is 9.85. The Labute approximate surface area is 233 Å². The highest BCUT2D eigenvalue weighted by atomic mass is 16.5. The van der Waals surface area contributed by atoms with Crippen molar-refractivity contribution in [3.8, 4) is 5.75 Å². The summed E-state index contributed by atoms with van der Waals surface area (Å²) >= 11 is 0. The number of aromatic nitrogens is 1. The molecule has 2 unspecified atom stereocenters. The summed E-state index contributed by atoms with van der Waals surface area (Å²) in [6.07, 6.45) is 3.54. The van der Waals surface area contributed by atoms with E-state index >= 15 is 0 Å². The van der Waals surface area contributed by atoms with Crippen molar-refractivity contribution in [3.63, 3.8) is 0 Å². The summed E-state index contributed by atoms with van der Waals surface area (Å²) in [6.45, 7) is 8.80. The minimum atomic E-state index is -0.219. The first kappa shape index (κ1) is 28.9. The average Bonchev–Trinajstić information content (AvgIpc) is 3.35. The van der Waals surface area contributed by atoms with Crippen LogP contribution in [0.4, 0.5) is 0 Å². The van der Waals surface area contributed by atoms with Gasteiger partial charge in [0, 0.05) is 42.8 Å². The minimum absolute atomic E-state index is 0.219. The van der Waals surface area contributed by atoms with Crippen LogP contribution in [0.1, 0.15) is 66.7 Å². The van der Waals surface area contributed by atoms with Crippen molar-refractivity contribution in [1.82, 2.24) is 9.88 Å². The van der Waals surface area contributed by atoms with Crippen LogP contribution in [0.5, 0.6) is 5.75 Å². The van der Waals surface area contributed by atoms with E-state index in [0.29, 0.717) is 12.6 Å². The summed E-state index contributed by atoms with van der Waals surface area (Å²) in [5, 5.41) is 10.8. The number of benzene rings is 3. The first-order chi connectivity index (χ1) is 19.1. The Balaban J connectivity index is 0.000000191. The number of nitrogens with zero attached hydrogens (tertiary/aromatic N) is 1. The van der Waals surface area contributed by atoms with Crippen LogP contribution in [0.3, 0.4) is 0 Å². The summed E-state index contributed by atoms with van der Waals surface area (Å²) in [4.78, 5) is 6.24. The van der Waals surface area contributed by atoms with Gasteiger partial charge in [0.05, 0.1) is 19.8 Å². The average molecular weight is 529 g/mol. The van der Waals surface area contributed by atoms with Crippen LogP contribution in [0, 0.1) is 0 Å². The number of ether oxygens (including phenoxy) is 2. The normalized spacial score (nSPS) is 16.5. The van der Waals surface area contributed by atoms with Gasteiger partial charge in [-0.2, -0.15) is 0 Å². The van der Waals surface area contributed by atoms with E-state index in [9.17, 15) is 5.11 Å². The number of aromatic amines is 1. The Kier molecular flexibility index (Phi) is 10.2. The first-order valence-electron chi connectivity index (χ1n) is 14.3. The molecule has 39 heavy (non-hydrogen) atoms. The number of fused-ring (bicyclic) bond motifs is 6. The predicted octanol–water partition coefficient (Wildman–Crippen LogP) is 7.00. The maximum absolute atomic E-state index is 9.46. The third kappa shape index (κ3) is 6.73. The molecule has 1 aromatic heterocycles. The summed E-state index contributed by atoms with van der Waals surface area (Å²) in [6, 6.07) is 23.9. The van der Waals surface area contributed by atoms with Crippen molar-refractivity contribution < 1.29 is 14.6 Å². The van der Waals surface area contributed by atoms with Crippen molar-refractivity contribution in [3.05, 3.63) is 100 Å². The summed E-state index contributed by atoms with van der Waals surface area (Å²) in [5.74, 6) is 0.968. The zero-order valence-electron chi connectivity index (χ0n) is 24.2. The van der Waals surface area contributed by atoms with Crippen molar-refractivity contribution in [1.29, 1.82) is 0 Å². The molecule has 2 atom stereocenters. The van der Waals surface area contributed by atoms with Gasteiger partial charge >= 0.3 is 0 Å². The summed E-state index contributed by atoms with van der Waals surface area (Å²) in [5.41, 5.74) is 9.44. The van der Waals surface area contributed by atoms with Gasteiger partial charge in [-0.1, -0.05) is 69.3 Å². The van der Waals surface area contributed by atoms with Gasteiger partial charge in [0.2, 0.25) is 0 Å². The molecule has 5 heteroatoms. The van der Waals surface area contributed by atoms with Crippen LogP contribution in [-0.2, 0) is 37.2 Å². The second-order valence-electron chi connectivity index (χ2n) is 10.1. The Morgan fingerprint density at radius 2 is 1.74 bits per heavy atom. The van der Waals surface area contributed by atoms with Crippen LogP contribution in [0.2, 0.25) is 0 Å². The van der Waals surface area contributed by atoms with E-state index in [-0.39, 0.29) is 6.10 Å². The molecule has 6 rings (SSSR count). The lowest BCUT2D eigenvalue weighted by Gasteiger charge is -2.40. The van der Waals surface area contributed by atoms with Gasteiger partial charge in [-0.3, -0.25) is 4.90 Å². The maximum Gasteiger partial charge on any atom is 0.119 e. The molecule has 0 aliphatic carbocycles. The second kappa shape index (κ2) is 13.8. The fraction of sp³-hybridized carbons (Fsp3) is 0.412. The third-order valence-electron chi connectivity index (χ3n) is 7.76. The minimum Gasteiger partial charge on any atom is -0.497 e. The number of rotatable bonds is 6. The molecule has 0 fully saturated rings.